The molecule has 1 unspecified atom stereocenters. The second-order valence-corrected chi connectivity index (χ2v) is 5.00. The van der Waals surface area contributed by atoms with Gasteiger partial charge in [-0.25, -0.2) is 4.98 Å². The summed E-state index contributed by atoms with van der Waals surface area (Å²) < 4.78 is 0. The zero-order valence-electron chi connectivity index (χ0n) is 10.1. The first-order valence-corrected chi connectivity index (χ1v) is 6.12. The van der Waals surface area contributed by atoms with Gasteiger partial charge in [0.05, 0.1) is 6.33 Å². The van der Waals surface area contributed by atoms with E-state index in [1.807, 2.05) is 14.1 Å². The van der Waals surface area contributed by atoms with Crippen molar-refractivity contribution in [3.05, 3.63) is 21.7 Å². The van der Waals surface area contributed by atoms with Crippen molar-refractivity contribution >= 4 is 17.4 Å². The Labute approximate surface area is 105 Å². The predicted molar refractivity (Wildman–Crippen MR) is 68.8 cm³/mol. The average molecular weight is 257 g/mol. The molecular formula is C11H17ClN4O. The predicted octanol–water partition coefficient (Wildman–Crippen LogP) is 0.954. The number of H-pyrrole nitrogens is 1. The van der Waals surface area contributed by atoms with Crippen LogP contribution >= 0.6 is 11.6 Å². The quantitative estimate of drug-likeness (QED) is 0.875. The maximum atomic E-state index is 11.5. The van der Waals surface area contributed by atoms with Crippen molar-refractivity contribution in [2.45, 2.75) is 18.9 Å². The molecule has 1 N–H and O–H groups in total. The van der Waals surface area contributed by atoms with Crippen LogP contribution in [0, 0.1) is 0 Å². The minimum atomic E-state index is -0.271. The summed E-state index contributed by atoms with van der Waals surface area (Å²) in [6.07, 6.45) is 3.64. The minimum absolute atomic E-state index is 0.193. The van der Waals surface area contributed by atoms with Gasteiger partial charge >= 0.3 is 0 Å². The second-order valence-electron chi connectivity index (χ2n) is 4.62. The summed E-state index contributed by atoms with van der Waals surface area (Å²) in [4.78, 5) is 22.4. The highest BCUT2D eigenvalue weighted by atomic mass is 35.5. The maximum Gasteiger partial charge on any atom is 0.271 e. The third-order valence-corrected chi connectivity index (χ3v) is 3.34. The standard InChI is InChI=1S/C11H17ClN4O/c1-15(2)6-8-4-3-5-16(8)10-9(12)11(17)14-7-13-10/h7-8H,3-6H2,1-2H3,(H,13,14,17). The van der Waals surface area contributed by atoms with E-state index in [1.54, 1.807) is 0 Å². The Morgan fingerprint density at radius 3 is 3.12 bits per heavy atom. The molecule has 5 nitrogen and oxygen atoms in total. The first-order valence-electron chi connectivity index (χ1n) is 5.74. The number of likely N-dealkylation sites (N-methyl/N-ethyl adjacent to an activating group) is 1. The normalized spacial score (nSPS) is 20.2. The molecule has 0 radical (unpaired) electrons. The molecule has 0 aliphatic carbocycles. The van der Waals surface area contributed by atoms with Crippen LogP contribution in [-0.2, 0) is 0 Å². The van der Waals surface area contributed by atoms with Crippen LogP contribution in [0.3, 0.4) is 0 Å². The fraction of sp³-hybridized carbons (Fsp3) is 0.636. The Hall–Kier alpha value is -1.07. The lowest BCUT2D eigenvalue weighted by molar-refractivity contribution is 0.371. The zero-order chi connectivity index (χ0) is 12.4. The van der Waals surface area contributed by atoms with Gasteiger partial charge in [-0.3, -0.25) is 4.79 Å². The van der Waals surface area contributed by atoms with Crippen molar-refractivity contribution in [3.63, 3.8) is 0 Å². The van der Waals surface area contributed by atoms with E-state index in [4.69, 9.17) is 11.6 Å². The average Bonchev–Trinajstić information content (AvgIpc) is 2.69. The van der Waals surface area contributed by atoms with Gasteiger partial charge in [0.1, 0.15) is 5.02 Å². The van der Waals surface area contributed by atoms with Crippen LogP contribution in [-0.4, -0.2) is 48.1 Å². The van der Waals surface area contributed by atoms with E-state index in [2.05, 4.69) is 19.8 Å². The number of aromatic amines is 1. The van der Waals surface area contributed by atoms with Gasteiger partial charge in [0.2, 0.25) is 0 Å². The molecule has 1 atom stereocenters. The molecule has 0 amide bonds. The van der Waals surface area contributed by atoms with E-state index in [-0.39, 0.29) is 10.6 Å². The van der Waals surface area contributed by atoms with Crippen LogP contribution in [0.25, 0.3) is 0 Å². The molecule has 6 heteroatoms. The topological polar surface area (TPSA) is 52.2 Å². The van der Waals surface area contributed by atoms with E-state index < -0.39 is 0 Å². The first kappa shape index (κ1) is 12.4. The highest BCUT2D eigenvalue weighted by Crippen LogP contribution is 2.27. The van der Waals surface area contributed by atoms with Crippen LogP contribution in [0.2, 0.25) is 5.02 Å². The highest BCUT2D eigenvalue weighted by Gasteiger charge is 2.28. The van der Waals surface area contributed by atoms with Gasteiger partial charge in [-0.2, -0.15) is 0 Å². The van der Waals surface area contributed by atoms with Gasteiger partial charge in [0.15, 0.2) is 5.82 Å². The monoisotopic (exact) mass is 256 g/mol. The number of hydrogen-bond donors (Lipinski definition) is 1. The van der Waals surface area contributed by atoms with E-state index in [0.29, 0.717) is 11.9 Å². The van der Waals surface area contributed by atoms with E-state index in [9.17, 15) is 4.79 Å². The van der Waals surface area contributed by atoms with Crippen LogP contribution in [0.15, 0.2) is 11.1 Å². The highest BCUT2D eigenvalue weighted by molar-refractivity contribution is 6.32. The van der Waals surface area contributed by atoms with Gasteiger partial charge in [-0.15, -0.1) is 0 Å². The Bertz CT molecular complexity index is 445. The zero-order valence-corrected chi connectivity index (χ0v) is 10.9. The summed E-state index contributed by atoms with van der Waals surface area (Å²) in [6.45, 7) is 1.86. The van der Waals surface area contributed by atoms with Crippen LogP contribution in [0.4, 0.5) is 5.82 Å². The smallest absolute Gasteiger partial charge is 0.271 e. The Morgan fingerprint density at radius 2 is 2.41 bits per heavy atom. The van der Waals surface area contributed by atoms with Gasteiger partial charge in [-0.1, -0.05) is 11.6 Å². The number of nitrogens with one attached hydrogen (secondary N) is 1. The Morgan fingerprint density at radius 1 is 1.65 bits per heavy atom. The summed E-state index contributed by atoms with van der Waals surface area (Å²) in [5.41, 5.74) is -0.271. The van der Waals surface area contributed by atoms with E-state index in [0.717, 1.165) is 25.9 Å². The molecule has 1 aliphatic heterocycles. The summed E-state index contributed by atoms with van der Waals surface area (Å²) >= 11 is 6.01. The molecule has 1 fully saturated rings. The number of nitrogens with zero attached hydrogens (tertiary/aromatic N) is 3. The number of aromatic nitrogens is 2. The summed E-state index contributed by atoms with van der Waals surface area (Å²) in [7, 11) is 4.09. The van der Waals surface area contributed by atoms with E-state index >= 15 is 0 Å². The van der Waals surface area contributed by atoms with Gasteiger partial charge < -0.3 is 14.8 Å². The Kier molecular flexibility index (Phi) is 3.69. The summed E-state index contributed by atoms with van der Waals surface area (Å²) in [5, 5.41) is 0.193. The van der Waals surface area contributed by atoms with Crippen molar-refractivity contribution < 1.29 is 0 Å². The van der Waals surface area contributed by atoms with Crippen molar-refractivity contribution in [2.75, 3.05) is 32.1 Å². The van der Waals surface area contributed by atoms with Crippen molar-refractivity contribution in [2.24, 2.45) is 0 Å². The van der Waals surface area contributed by atoms with Crippen LogP contribution in [0.1, 0.15) is 12.8 Å². The number of rotatable bonds is 3. The fourth-order valence-corrected chi connectivity index (χ4v) is 2.51. The molecule has 0 bridgehead atoms. The molecule has 2 rings (SSSR count). The molecule has 1 aliphatic rings. The first-order chi connectivity index (χ1) is 8.09. The molecular weight excluding hydrogens is 240 g/mol. The second kappa shape index (κ2) is 5.06. The lowest BCUT2D eigenvalue weighted by atomic mass is 10.2. The van der Waals surface area contributed by atoms with Crippen molar-refractivity contribution in [1.82, 2.24) is 14.9 Å². The summed E-state index contributed by atoms with van der Waals surface area (Å²) in [6, 6.07) is 0.386. The molecule has 0 aromatic carbocycles. The maximum absolute atomic E-state index is 11.5. The molecule has 1 saturated heterocycles. The third-order valence-electron chi connectivity index (χ3n) is 3.00. The molecule has 94 valence electrons. The number of hydrogen-bond acceptors (Lipinski definition) is 4. The van der Waals surface area contributed by atoms with Crippen LogP contribution in [0.5, 0.6) is 0 Å². The fourth-order valence-electron chi connectivity index (χ4n) is 2.30. The molecule has 17 heavy (non-hydrogen) atoms. The molecule has 2 heterocycles. The number of halogens is 1. The van der Waals surface area contributed by atoms with Crippen molar-refractivity contribution in [3.8, 4) is 0 Å². The van der Waals surface area contributed by atoms with Crippen molar-refractivity contribution in [1.29, 1.82) is 0 Å². The largest absolute Gasteiger partial charge is 0.351 e. The summed E-state index contributed by atoms with van der Waals surface area (Å²) in [5.74, 6) is 0.611. The van der Waals surface area contributed by atoms with Gasteiger partial charge in [0.25, 0.3) is 5.56 Å². The molecule has 1 aromatic heterocycles. The number of anilines is 1. The lowest BCUT2D eigenvalue weighted by Gasteiger charge is -2.28. The minimum Gasteiger partial charge on any atom is -0.351 e. The molecule has 0 saturated carbocycles. The van der Waals surface area contributed by atoms with Gasteiger partial charge in [-0.05, 0) is 26.9 Å². The lowest BCUT2D eigenvalue weighted by Crippen LogP contribution is -2.38. The van der Waals surface area contributed by atoms with Crippen LogP contribution < -0.4 is 10.5 Å². The SMILES string of the molecule is CN(C)CC1CCCN1c1nc[nH]c(=O)c1Cl. The Balaban J connectivity index is 2.26. The van der Waals surface area contributed by atoms with Gasteiger partial charge in [0, 0.05) is 19.1 Å². The van der Waals surface area contributed by atoms with E-state index in [1.165, 1.54) is 6.33 Å². The molecule has 1 aromatic rings. The molecule has 0 spiro atoms. The third kappa shape index (κ3) is 2.61.